The third-order valence-corrected chi connectivity index (χ3v) is 5.49. The van der Waals surface area contributed by atoms with Crippen LogP contribution in [0.1, 0.15) is 16.1 Å². The number of H-pyrrole nitrogens is 1. The summed E-state index contributed by atoms with van der Waals surface area (Å²) in [6.45, 7) is 6.21. The number of likely N-dealkylation sites (tertiary alicyclic amines) is 1. The summed E-state index contributed by atoms with van der Waals surface area (Å²) in [6, 6.07) is 5.96. The minimum absolute atomic E-state index is 0.0521. The van der Waals surface area contributed by atoms with Crippen LogP contribution in [0.3, 0.4) is 0 Å². The summed E-state index contributed by atoms with van der Waals surface area (Å²) in [7, 11) is 6.24. The van der Waals surface area contributed by atoms with E-state index >= 15 is 0 Å². The Kier molecular flexibility index (Phi) is 6.14. The van der Waals surface area contributed by atoms with Gasteiger partial charge >= 0.3 is 0 Å². The summed E-state index contributed by atoms with van der Waals surface area (Å²) in [6.07, 6.45) is 0. The van der Waals surface area contributed by atoms with Crippen molar-refractivity contribution in [1.82, 2.24) is 24.9 Å². The number of nitrogens with one attached hydrogen (secondary N) is 1. The summed E-state index contributed by atoms with van der Waals surface area (Å²) in [5.41, 5.74) is 2.46. The average molecular weight is 374 g/mol. The number of hydrogen-bond acceptors (Lipinski definition) is 5. The second-order valence-corrected chi connectivity index (χ2v) is 8.10. The maximum Gasteiger partial charge on any atom is 0.275 e. The highest BCUT2D eigenvalue weighted by Gasteiger charge is 2.36. The van der Waals surface area contributed by atoms with Crippen molar-refractivity contribution < 1.29 is 9.90 Å². The minimum atomic E-state index is -0.0521. The van der Waals surface area contributed by atoms with E-state index in [2.05, 4.69) is 41.1 Å². The van der Waals surface area contributed by atoms with Crippen LogP contribution in [0, 0.1) is 18.8 Å². The van der Waals surface area contributed by atoms with Gasteiger partial charge in [0, 0.05) is 50.6 Å². The summed E-state index contributed by atoms with van der Waals surface area (Å²) in [5.74, 6) is 0.337. The molecule has 1 aromatic heterocycles. The fourth-order valence-electron chi connectivity index (χ4n) is 3.82. The second kappa shape index (κ2) is 8.37. The first-order valence-corrected chi connectivity index (χ1v) is 9.57. The number of nitrogens with zero attached hydrogens (tertiary/aromatic N) is 4. The molecule has 2 aromatic rings. The monoisotopic (exact) mass is 373 g/mol. The van der Waals surface area contributed by atoms with Crippen LogP contribution in [0.15, 0.2) is 18.2 Å². The molecule has 2 N–H and O–H groups in total. The topological polar surface area (TPSA) is 75.7 Å². The fourth-order valence-corrected chi connectivity index (χ4v) is 3.82. The van der Waals surface area contributed by atoms with Gasteiger partial charge < -0.3 is 19.8 Å². The predicted molar refractivity (Wildman–Crippen MR) is 107 cm³/mol. The molecule has 148 valence electrons. The van der Waals surface area contributed by atoms with Gasteiger partial charge in [0.25, 0.3) is 5.91 Å². The van der Waals surface area contributed by atoms with Gasteiger partial charge in [0.15, 0.2) is 5.69 Å². The van der Waals surface area contributed by atoms with Crippen molar-refractivity contribution in [1.29, 1.82) is 0 Å². The summed E-state index contributed by atoms with van der Waals surface area (Å²) >= 11 is 0. The molecule has 27 heavy (non-hydrogen) atoms. The SMILES string of the molecule is Cc1ccc2[nH]nc(C(=O)N3C[C@@H](CN(C)CCN(C)C)[C@@H](CO)C3)c2c1. The van der Waals surface area contributed by atoms with E-state index in [0.717, 1.165) is 36.1 Å². The van der Waals surface area contributed by atoms with Crippen LogP contribution >= 0.6 is 0 Å². The number of aromatic nitrogens is 2. The Morgan fingerprint density at radius 3 is 2.70 bits per heavy atom. The molecule has 2 heterocycles. The van der Waals surface area contributed by atoms with Crippen LogP contribution in [0.25, 0.3) is 10.9 Å². The van der Waals surface area contributed by atoms with Crippen LogP contribution in [-0.4, -0.2) is 96.4 Å². The number of hydrogen-bond donors (Lipinski definition) is 2. The van der Waals surface area contributed by atoms with E-state index in [4.69, 9.17) is 0 Å². The number of amides is 1. The largest absolute Gasteiger partial charge is 0.396 e. The highest BCUT2D eigenvalue weighted by Crippen LogP contribution is 2.27. The molecule has 0 bridgehead atoms. The lowest BCUT2D eigenvalue weighted by Gasteiger charge is -2.25. The number of aliphatic hydroxyl groups excluding tert-OH is 1. The van der Waals surface area contributed by atoms with Gasteiger partial charge in [-0.15, -0.1) is 0 Å². The number of benzene rings is 1. The Morgan fingerprint density at radius 2 is 2.00 bits per heavy atom. The highest BCUT2D eigenvalue weighted by atomic mass is 16.3. The predicted octanol–water partition coefficient (Wildman–Crippen LogP) is 1.05. The van der Waals surface area contributed by atoms with Gasteiger partial charge in [-0.25, -0.2) is 0 Å². The van der Waals surface area contributed by atoms with Gasteiger partial charge in [-0.3, -0.25) is 9.89 Å². The molecule has 2 atom stereocenters. The number of likely N-dealkylation sites (N-methyl/N-ethyl adjacent to an activating group) is 2. The van der Waals surface area contributed by atoms with E-state index in [1.165, 1.54) is 0 Å². The maximum atomic E-state index is 13.1. The van der Waals surface area contributed by atoms with Gasteiger partial charge in [0.2, 0.25) is 0 Å². The molecule has 7 nitrogen and oxygen atoms in total. The lowest BCUT2D eigenvalue weighted by Crippen LogP contribution is -2.35. The number of fused-ring (bicyclic) bond motifs is 1. The van der Waals surface area contributed by atoms with Crippen LogP contribution in [0.5, 0.6) is 0 Å². The normalized spacial score (nSPS) is 20.3. The molecular weight excluding hydrogens is 342 g/mol. The van der Waals surface area contributed by atoms with Crippen molar-refractivity contribution in [2.75, 3.05) is 60.5 Å². The molecule has 1 amide bonds. The minimum Gasteiger partial charge on any atom is -0.396 e. The first-order valence-electron chi connectivity index (χ1n) is 9.57. The Labute approximate surface area is 160 Å². The Hall–Kier alpha value is -1.96. The van der Waals surface area contributed by atoms with Crippen LogP contribution < -0.4 is 0 Å². The Morgan fingerprint density at radius 1 is 1.26 bits per heavy atom. The smallest absolute Gasteiger partial charge is 0.275 e. The van der Waals surface area contributed by atoms with E-state index < -0.39 is 0 Å². The van der Waals surface area contributed by atoms with Gasteiger partial charge in [0.1, 0.15) is 0 Å². The third kappa shape index (κ3) is 4.48. The quantitative estimate of drug-likeness (QED) is 0.759. The number of aryl methyl sites for hydroxylation is 1. The van der Waals surface area contributed by atoms with Crippen molar-refractivity contribution in [2.45, 2.75) is 6.92 Å². The average Bonchev–Trinajstić information content (AvgIpc) is 3.23. The first kappa shape index (κ1) is 19.8. The van der Waals surface area contributed by atoms with Gasteiger partial charge in [0.05, 0.1) is 5.52 Å². The zero-order valence-electron chi connectivity index (χ0n) is 16.8. The number of aliphatic hydroxyl groups is 1. The van der Waals surface area contributed by atoms with Crippen LogP contribution in [0.2, 0.25) is 0 Å². The molecule has 7 heteroatoms. The zero-order chi connectivity index (χ0) is 19.6. The van der Waals surface area contributed by atoms with Crippen molar-refractivity contribution >= 4 is 16.8 Å². The van der Waals surface area contributed by atoms with E-state index in [1.807, 2.05) is 30.0 Å². The van der Waals surface area contributed by atoms with Crippen molar-refractivity contribution in [3.05, 3.63) is 29.5 Å². The standard InChI is InChI=1S/C20H31N5O2/c1-14-5-6-18-17(9-14)19(22-21-18)20(27)25-11-15(16(12-25)13-26)10-24(4)8-7-23(2)3/h5-6,9,15-16,26H,7-8,10-13H2,1-4H3,(H,21,22)/t15-,16-/m1/s1. The lowest BCUT2D eigenvalue weighted by molar-refractivity contribution is 0.0775. The molecule has 0 spiro atoms. The molecule has 1 aromatic carbocycles. The maximum absolute atomic E-state index is 13.1. The van der Waals surface area contributed by atoms with E-state index in [1.54, 1.807) is 0 Å². The van der Waals surface area contributed by atoms with E-state index in [-0.39, 0.29) is 24.3 Å². The van der Waals surface area contributed by atoms with Gasteiger partial charge in [-0.05, 0) is 46.1 Å². The number of aromatic amines is 1. The van der Waals surface area contributed by atoms with E-state index in [9.17, 15) is 9.90 Å². The van der Waals surface area contributed by atoms with Crippen molar-refractivity contribution in [3.8, 4) is 0 Å². The van der Waals surface area contributed by atoms with Gasteiger partial charge in [-0.1, -0.05) is 11.6 Å². The first-order chi connectivity index (χ1) is 12.9. The molecule has 0 saturated carbocycles. The van der Waals surface area contributed by atoms with Gasteiger partial charge in [-0.2, -0.15) is 5.10 Å². The Bertz CT molecular complexity index is 788. The molecule has 0 radical (unpaired) electrons. The molecule has 0 unspecified atom stereocenters. The number of carbonyl (C=O) groups excluding carboxylic acids is 1. The van der Waals surface area contributed by atoms with Crippen LogP contribution in [0.4, 0.5) is 0 Å². The molecule has 1 aliphatic heterocycles. The molecule has 1 aliphatic rings. The van der Waals surface area contributed by atoms with Crippen molar-refractivity contribution in [2.24, 2.45) is 11.8 Å². The zero-order valence-corrected chi connectivity index (χ0v) is 16.8. The van der Waals surface area contributed by atoms with E-state index in [0.29, 0.717) is 18.8 Å². The lowest BCUT2D eigenvalue weighted by atomic mass is 9.96. The Balaban J connectivity index is 1.70. The third-order valence-electron chi connectivity index (χ3n) is 5.49. The molecule has 0 aliphatic carbocycles. The van der Waals surface area contributed by atoms with Crippen molar-refractivity contribution in [3.63, 3.8) is 0 Å². The fraction of sp³-hybridized carbons (Fsp3) is 0.600. The van der Waals surface area contributed by atoms with Crippen LogP contribution in [-0.2, 0) is 0 Å². The highest BCUT2D eigenvalue weighted by molar-refractivity contribution is 6.04. The second-order valence-electron chi connectivity index (χ2n) is 8.10. The molecular formula is C20H31N5O2. The summed E-state index contributed by atoms with van der Waals surface area (Å²) in [4.78, 5) is 19.4. The molecule has 1 fully saturated rings. The number of carbonyl (C=O) groups is 1. The molecule has 1 saturated heterocycles. The summed E-state index contributed by atoms with van der Waals surface area (Å²) in [5, 5.41) is 17.9. The number of rotatable bonds is 7. The summed E-state index contributed by atoms with van der Waals surface area (Å²) < 4.78 is 0. The molecule has 3 rings (SSSR count).